The van der Waals surface area contributed by atoms with E-state index in [-0.39, 0.29) is 28.5 Å². The van der Waals surface area contributed by atoms with Crippen molar-refractivity contribution < 1.29 is 14.5 Å². The standard InChI is InChI=1S/C11H16N4O4S/c1-4-13(5-2)9(17)7-14(8(3)16)11-12-6-10(20-11)15(18)19/h6H,4-5,7H2,1-3H3. The molecule has 0 aliphatic rings. The van der Waals surface area contributed by atoms with Crippen LogP contribution in [-0.2, 0) is 9.59 Å². The first-order chi connectivity index (χ1) is 9.40. The fraction of sp³-hybridized carbons (Fsp3) is 0.545. The van der Waals surface area contributed by atoms with Crippen LogP contribution in [0.1, 0.15) is 20.8 Å². The largest absolute Gasteiger partial charge is 0.345 e. The summed E-state index contributed by atoms with van der Waals surface area (Å²) >= 11 is 0.770. The van der Waals surface area contributed by atoms with Gasteiger partial charge in [-0.2, -0.15) is 0 Å². The van der Waals surface area contributed by atoms with Gasteiger partial charge in [-0.3, -0.25) is 24.6 Å². The van der Waals surface area contributed by atoms with Crippen molar-refractivity contribution in [1.29, 1.82) is 0 Å². The summed E-state index contributed by atoms with van der Waals surface area (Å²) in [6.07, 6.45) is 1.08. The Hall–Kier alpha value is -2.03. The van der Waals surface area contributed by atoms with E-state index in [0.717, 1.165) is 22.4 Å². The van der Waals surface area contributed by atoms with E-state index in [1.807, 2.05) is 13.8 Å². The number of carbonyl (C=O) groups excluding carboxylic acids is 2. The number of rotatable bonds is 6. The van der Waals surface area contributed by atoms with Gasteiger partial charge in [-0.1, -0.05) is 0 Å². The summed E-state index contributed by atoms with van der Waals surface area (Å²) in [4.78, 5) is 40.2. The minimum absolute atomic E-state index is 0.157. The van der Waals surface area contributed by atoms with Crippen LogP contribution in [0.25, 0.3) is 0 Å². The maximum Gasteiger partial charge on any atom is 0.345 e. The Morgan fingerprint density at radius 1 is 1.40 bits per heavy atom. The quantitative estimate of drug-likeness (QED) is 0.582. The number of hydrogen-bond acceptors (Lipinski definition) is 6. The molecule has 0 N–H and O–H groups in total. The van der Waals surface area contributed by atoms with Gasteiger partial charge in [0.05, 0.1) is 4.92 Å². The topological polar surface area (TPSA) is 96.7 Å². The van der Waals surface area contributed by atoms with Crippen molar-refractivity contribution in [3.8, 4) is 0 Å². The zero-order valence-electron chi connectivity index (χ0n) is 11.5. The summed E-state index contributed by atoms with van der Waals surface area (Å²) in [7, 11) is 0. The predicted octanol–water partition coefficient (Wildman–Crippen LogP) is 1.27. The fourth-order valence-corrected chi connectivity index (χ4v) is 2.37. The van der Waals surface area contributed by atoms with E-state index in [2.05, 4.69) is 4.98 Å². The van der Waals surface area contributed by atoms with Gasteiger partial charge in [0.1, 0.15) is 12.7 Å². The molecule has 1 aromatic rings. The molecular weight excluding hydrogens is 284 g/mol. The zero-order chi connectivity index (χ0) is 15.3. The number of hydrogen-bond donors (Lipinski definition) is 0. The Balaban J connectivity index is 2.91. The molecule has 0 saturated carbocycles. The third kappa shape index (κ3) is 3.73. The van der Waals surface area contributed by atoms with E-state index in [4.69, 9.17) is 0 Å². The summed E-state index contributed by atoms with van der Waals surface area (Å²) in [5.74, 6) is -0.599. The van der Waals surface area contributed by atoms with Crippen molar-refractivity contribution in [2.75, 3.05) is 24.5 Å². The molecule has 1 rings (SSSR count). The van der Waals surface area contributed by atoms with E-state index >= 15 is 0 Å². The van der Waals surface area contributed by atoms with Gasteiger partial charge in [-0.05, 0) is 25.2 Å². The van der Waals surface area contributed by atoms with Gasteiger partial charge in [0.2, 0.25) is 11.8 Å². The molecule has 20 heavy (non-hydrogen) atoms. The highest BCUT2D eigenvalue weighted by Gasteiger charge is 2.23. The molecule has 9 heteroatoms. The molecule has 0 fully saturated rings. The van der Waals surface area contributed by atoms with Crippen LogP contribution in [0.15, 0.2) is 6.20 Å². The Labute approximate surface area is 120 Å². The number of nitro groups is 1. The number of nitrogens with zero attached hydrogens (tertiary/aromatic N) is 4. The molecule has 0 aromatic carbocycles. The van der Waals surface area contributed by atoms with Gasteiger partial charge >= 0.3 is 5.00 Å². The van der Waals surface area contributed by atoms with Gasteiger partial charge in [0, 0.05) is 20.0 Å². The van der Waals surface area contributed by atoms with Crippen LogP contribution < -0.4 is 4.90 Å². The fourth-order valence-electron chi connectivity index (χ4n) is 1.59. The number of aromatic nitrogens is 1. The minimum Gasteiger partial charge on any atom is -0.342 e. The lowest BCUT2D eigenvalue weighted by atomic mass is 10.4. The van der Waals surface area contributed by atoms with Crippen LogP contribution >= 0.6 is 11.3 Å². The second-order valence-electron chi connectivity index (χ2n) is 3.91. The molecule has 0 bridgehead atoms. The van der Waals surface area contributed by atoms with Crippen LogP contribution in [-0.4, -0.2) is 46.3 Å². The highest BCUT2D eigenvalue weighted by atomic mass is 32.1. The second kappa shape index (κ2) is 6.94. The van der Waals surface area contributed by atoms with Crippen molar-refractivity contribution in [3.05, 3.63) is 16.3 Å². The predicted molar refractivity (Wildman–Crippen MR) is 74.7 cm³/mol. The van der Waals surface area contributed by atoms with Gasteiger partial charge < -0.3 is 4.90 Å². The molecular formula is C11H16N4O4S. The van der Waals surface area contributed by atoms with E-state index in [0.29, 0.717) is 13.1 Å². The molecule has 2 amide bonds. The zero-order valence-corrected chi connectivity index (χ0v) is 12.3. The van der Waals surface area contributed by atoms with E-state index in [9.17, 15) is 19.7 Å². The summed E-state index contributed by atoms with van der Waals surface area (Å²) in [5, 5.41) is 10.6. The van der Waals surface area contributed by atoms with Crippen molar-refractivity contribution in [2.24, 2.45) is 0 Å². The Kier molecular flexibility index (Phi) is 5.56. The van der Waals surface area contributed by atoms with Gasteiger partial charge in [-0.25, -0.2) is 4.98 Å². The monoisotopic (exact) mass is 300 g/mol. The van der Waals surface area contributed by atoms with E-state index in [1.54, 1.807) is 4.90 Å². The number of carbonyl (C=O) groups is 2. The molecule has 0 radical (unpaired) electrons. The van der Waals surface area contributed by atoms with Gasteiger partial charge in [-0.15, -0.1) is 0 Å². The van der Waals surface area contributed by atoms with Gasteiger partial charge in [0.15, 0.2) is 5.13 Å². The first-order valence-electron chi connectivity index (χ1n) is 6.06. The van der Waals surface area contributed by atoms with Crippen LogP contribution in [0.4, 0.5) is 10.1 Å². The van der Waals surface area contributed by atoms with Crippen molar-refractivity contribution >= 4 is 33.3 Å². The smallest absolute Gasteiger partial charge is 0.342 e. The Bertz CT molecular complexity index is 512. The van der Waals surface area contributed by atoms with Gasteiger partial charge in [0.25, 0.3) is 0 Å². The maximum absolute atomic E-state index is 12.0. The van der Waals surface area contributed by atoms with Crippen LogP contribution in [0, 0.1) is 10.1 Å². The molecule has 0 unspecified atom stereocenters. The molecule has 0 spiro atoms. The second-order valence-corrected chi connectivity index (χ2v) is 4.90. The lowest BCUT2D eigenvalue weighted by Gasteiger charge is -2.23. The molecule has 0 aliphatic carbocycles. The SMILES string of the molecule is CCN(CC)C(=O)CN(C(C)=O)c1ncc([N+](=O)[O-])s1. The highest BCUT2D eigenvalue weighted by molar-refractivity contribution is 7.18. The number of thiazole rings is 1. The van der Waals surface area contributed by atoms with Crippen LogP contribution in [0.5, 0.6) is 0 Å². The number of amides is 2. The summed E-state index contributed by atoms with van der Waals surface area (Å²) in [6.45, 7) is 5.89. The molecule has 1 heterocycles. The average Bonchev–Trinajstić information content (AvgIpc) is 2.86. The molecule has 0 aliphatic heterocycles. The summed E-state index contributed by atoms with van der Waals surface area (Å²) in [5.41, 5.74) is 0. The number of likely N-dealkylation sites (N-methyl/N-ethyl adjacent to an activating group) is 1. The minimum atomic E-state index is -0.578. The molecule has 0 saturated heterocycles. The van der Waals surface area contributed by atoms with Crippen LogP contribution in [0.3, 0.4) is 0 Å². The molecule has 8 nitrogen and oxygen atoms in total. The molecule has 0 atom stereocenters. The van der Waals surface area contributed by atoms with E-state index in [1.165, 1.54) is 6.92 Å². The average molecular weight is 300 g/mol. The molecule has 1 aromatic heterocycles. The third-order valence-corrected chi connectivity index (χ3v) is 3.65. The van der Waals surface area contributed by atoms with Crippen molar-refractivity contribution in [1.82, 2.24) is 9.88 Å². The van der Waals surface area contributed by atoms with Crippen molar-refractivity contribution in [3.63, 3.8) is 0 Å². The first kappa shape index (κ1) is 16.0. The summed E-state index contributed by atoms with van der Waals surface area (Å²) < 4.78 is 0. The maximum atomic E-state index is 12.0. The lowest BCUT2D eigenvalue weighted by molar-refractivity contribution is -0.380. The summed E-state index contributed by atoms with van der Waals surface area (Å²) in [6, 6.07) is 0. The van der Waals surface area contributed by atoms with Crippen molar-refractivity contribution in [2.45, 2.75) is 20.8 Å². The van der Waals surface area contributed by atoms with E-state index < -0.39 is 4.92 Å². The Morgan fingerprint density at radius 2 is 2.00 bits per heavy atom. The first-order valence-corrected chi connectivity index (χ1v) is 6.88. The molecule has 110 valence electrons. The third-order valence-electron chi connectivity index (χ3n) is 2.68. The van der Waals surface area contributed by atoms with Crippen LogP contribution in [0.2, 0.25) is 0 Å². The lowest BCUT2D eigenvalue weighted by Crippen LogP contribution is -2.42. The normalized spacial score (nSPS) is 10.2. The number of anilines is 1. The highest BCUT2D eigenvalue weighted by Crippen LogP contribution is 2.28. The Morgan fingerprint density at radius 3 is 2.40 bits per heavy atom.